The molecule has 3 aromatic rings. The van der Waals surface area contributed by atoms with Gasteiger partial charge in [0.05, 0.1) is 12.8 Å². The fourth-order valence-electron chi connectivity index (χ4n) is 2.64. The van der Waals surface area contributed by atoms with Crippen molar-refractivity contribution in [2.24, 2.45) is 0 Å². The van der Waals surface area contributed by atoms with Crippen LogP contribution >= 0.6 is 11.8 Å². The molecule has 0 aliphatic heterocycles. The summed E-state index contributed by atoms with van der Waals surface area (Å²) in [7, 11) is 1.60. The van der Waals surface area contributed by atoms with Crippen molar-refractivity contribution in [1.29, 1.82) is 0 Å². The van der Waals surface area contributed by atoms with E-state index in [1.54, 1.807) is 49.3 Å². The van der Waals surface area contributed by atoms with Crippen molar-refractivity contribution in [1.82, 2.24) is 4.98 Å². The molecule has 0 unspecified atom stereocenters. The highest BCUT2D eigenvalue weighted by Crippen LogP contribution is 2.27. The maximum atomic E-state index is 12.5. The Morgan fingerprint density at radius 3 is 2.67 bits per heavy atom. The zero-order valence-electron chi connectivity index (χ0n) is 15.2. The number of nitrogens with two attached hydrogens (primary N) is 1. The van der Waals surface area contributed by atoms with Crippen molar-refractivity contribution in [2.75, 3.05) is 18.2 Å². The summed E-state index contributed by atoms with van der Waals surface area (Å²) < 4.78 is 5.12. The third-order valence-electron chi connectivity index (χ3n) is 3.92. The molecule has 0 saturated carbocycles. The minimum atomic E-state index is -0.157. The van der Waals surface area contributed by atoms with Crippen LogP contribution in [0.5, 0.6) is 5.75 Å². The van der Waals surface area contributed by atoms with E-state index in [1.165, 1.54) is 0 Å². The SMILES string of the molecule is COc1ccc(C(=O)Nc2cc(C)cc(CSc3ncccc3N)c2)cc1. The summed E-state index contributed by atoms with van der Waals surface area (Å²) in [6.07, 6.45) is 1.73. The summed E-state index contributed by atoms with van der Waals surface area (Å²) >= 11 is 1.57. The molecule has 0 spiro atoms. The Hall–Kier alpha value is -2.99. The molecule has 0 radical (unpaired) electrons. The molecule has 0 aliphatic carbocycles. The number of aryl methyl sites for hydroxylation is 1. The topological polar surface area (TPSA) is 77.2 Å². The Morgan fingerprint density at radius 1 is 1.19 bits per heavy atom. The molecular formula is C21H21N3O2S. The molecule has 6 heteroatoms. The van der Waals surface area contributed by atoms with E-state index in [0.717, 1.165) is 27.6 Å². The molecule has 3 rings (SSSR count). The van der Waals surface area contributed by atoms with Crippen molar-refractivity contribution in [3.63, 3.8) is 0 Å². The van der Waals surface area contributed by atoms with Crippen LogP contribution in [0.25, 0.3) is 0 Å². The third kappa shape index (κ3) is 5.01. The minimum Gasteiger partial charge on any atom is -0.497 e. The van der Waals surface area contributed by atoms with Gasteiger partial charge in [0.2, 0.25) is 0 Å². The van der Waals surface area contributed by atoms with E-state index in [4.69, 9.17) is 10.5 Å². The molecule has 3 N–H and O–H groups in total. The first-order chi connectivity index (χ1) is 13.0. The van der Waals surface area contributed by atoms with Gasteiger partial charge < -0.3 is 15.8 Å². The van der Waals surface area contributed by atoms with E-state index in [1.807, 2.05) is 31.2 Å². The molecule has 1 aromatic heterocycles. The van der Waals surface area contributed by atoms with Gasteiger partial charge >= 0.3 is 0 Å². The second kappa shape index (κ2) is 8.60. The summed E-state index contributed by atoms with van der Waals surface area (Å²) in [6.45, 7) is 2.01. The molecule has 0 bridgehead atoms. The molecule has 27 heavy (non-hydrogen) atoms. The predicted molar refractivity (Wildman–Crippen MR) is 110 cm³/mol. The number of amides is 1. The number of nitrogens with one attached hydrogen (secondary N) is 1. The summed E-state index contributed by atoms with van der Waals surface area (Å²) in [4.78, 5) is 16.8. The number of aromatic nitrogens is 1. The number of methoxy groups -OCH3 is 1. The summed E-state index contributed by atoms with van der Waals surface area (Å²) in [5.41, 5.74) is 10.1. The van der Waals surface area contributed by atoms with Crippen LogP contribution in [0.2, 0.25) is 0 Å². The second-order valence-corrected chi connectivity index (χ2v) is 7.04. The Labute approximate surface area is 163 Å². The van der Waals surface area contributed by atoms with E-state index in [2.05, 4.69) is 16.4 Å². The van der Waals surface area contributed by atoms with Crippen molar-refractivity contribution < 1.29 is 9.53 Å². The average molecular weight is 379 g/mol. The highest BCUT2D eigenvalue weighted by atomic mass is 32.2. The lowest BCUT2D eigenvalue weighted by atomic mass is 10.1. The smallest absolute Gasteiger partial charge is 0.255 e. The maximum absolute atomic E-state index is 12.5. The molecule has 1 heterocycles. The van der Waals surface area contributed by atoms with E-state index in [0.29, 0.717) is 17.0 Å². The first-order valence-electron chi connectivity index (χ1n) is 8.44. The molecule has 1 amide bonds. The maximum Gasteiger partial charge on any atom is 0.255 e. The zero-order valence-corrected chi connectivity index (χ0v) is 16.0. The minimum absolute atomic E-state index is 0.157. The van der Waals surface area contributed by atoms with Crippen LogP contribution in [0.1, 0.15) is 21.5 Å². The number of carbonyl (C=O) groups is 1. The lowest BCUT2D eigenvalue weighted by molar-refractivity contribution is 0.102. The summed E-state index contributed by atoms with van der Waals surface area (Å²) in [5.74, 6) is 1.28. The number of pyridine rings is 1. The largest absolute Gasteiger partial charge is 0.497 e. The number of thioether (sulfide) groups is 1. The van der Waals surface area contributed by atoms with Gasteiger partial charge in [0.1, 0.15) is 10.8 Å². The Balaban J connectivity index is 1.70. The Kier molecular flexibility index (Phi) is 5.98. The monoisotopic (exact) mass is 379 g/mol. The van der Waals surface area contributed by atoms with Gasteiger partial charge in [-0.1, -0.05) is 17.8 Å². The van der Waals surface area contributed by atoms with Crippen LogP contribution in [0.15, 0.2) is 65.8 Å². The molecule has 0 atom stereocenters. The van der Waals surface area contributed by atoms with Crippen molar-refractivity contribution in [3.05, 3.63) is 77.5 Å². The zero-order chi connectivity index (χ0) is 19.2. The number of ether oxygens (including phenoxy) is 1. The first-order valence-corrected chi connectivity index (χ1v) is 9.43. The lowest BCUT2D eigenvalue weighted by Crippen LogP contribution is -2.12. The quantitative estimate of drug-likeness (QED) is 0.616. The predicted octanol–water partition coefficient (Wildman–Crippen LogP) is 4.53. The van der Waals surface area contributed by atoms with E-state index in [-0.39, 0.29) is 5.91 Å². The van der Waals surface area contributed by atoms with Gasteiger partial charge in [-0.25, -0.2) is 4.98 Å². The number of nitrogen functional groups attached to an aromatic ring is 1. The molecular weight excluding hydrogens is 358 g/mol. The van der Waals surface area contributed by atoms with Crippen molar-refractivity contribution in [3.8, 4) is 5.75 Å². The summed E-state index contributed by atoms with van der Waals surface area (Å²) in [5, 5.41) is 3.77. The van der Waals surface area contributed by atoms with Gasteiger partial charge in [0.25, 0.3) is 5.91 Å². The number of hydrogen-bond acceptors (Lipinski definition) is 5. The number of rotatable bonds is 6. The van der Waals surface area contributed by atoms with Crippen LogP contribution < -0.4 is 15.8 Å². The van der Waals surface area contributed by atoms with Crippen molar-refractivity contribution in [2.45, 2.75) is 17.7 Å². The fourth-order valence-corrected chi connectivity index (χ4v) is 3.48. The van der Waals surface area contributed by atoms with Crippen LogP contribution in [0, 0.1) is 6.92 Å². The average Bonchev–Trinajstić information content (AvgIpc) is 2.67. The van der Waals surface area contributed by atoms with Gasteiger partial charge in [0.15, 0.2) is 0 Å². The van der Waals surface area contributed by atoms with Gasteiger partial charge in [-0.05, 0) is 66.6 Å². The highest BCUT2D eigenvalue weighted by molar-refractivity contribution is 7.98. The Morgan fingerprint density at radius 2 is 1.96 bits per heavy atom. The van der Waals surface area contributed by atoms with Crippen LogP contribution in [-0.4, -0.2) is 18.0 Å². The van der Waals surface area contributed by atoms with Gasteiger partial charge in [-0.2, -0.15) is 0 Å². The number of anilines is 2. The van der Waals surface area contributed by atoms with E-state index < -0.39 is 0 Å². The summed E-state index contributed by atoms with van der Waals surface area (Å²) in [6, 6.07) is 16.7. The molecule has 5 nitrogen and oxygen atoms in total. The second-order valence-electron chi connectivity index (χ2n) is 6.08. The third-order valence-corrected chi connectivity index (χ3v) is 5.02. The molecule has 2 aromatic carbocycles. The number of nitrogens with zero attached hydrogens (tertiary/aromatic N) is 1. The van der Waals surface area contributed by atoms with Crippen LogP contribution in [0.4, 0.5) is 11.4 Å². The van der Waals surface area contributed by atoms with Crippen LogP contribution in [0.3, 0.4) is 0 Å². The Bertz CT molecular complexity index is 942. The number of carbonyl (C=O) groups excluding carboxylic acids is 1. The normalized spacial score (nSPS) is 10.4. The fraction of sp³-hybridized carbons (Fsp3) is 0.143. The highest BCUT2D eigenvalue weighted by Gasteiger charge is 2.08. The van der Waals surface area contributed by atoms with Crippen molar-refractivity contribution >= 4 is 29.0 Å². The van der Waals surface area contributed by atoms with Gasteiger partial charge in [0, 0.05) is 23.2 Å². The molecule has 0 saturated heterocycles. The lowest BCUT2D eigenvalue weighted by Gasteiger charge is -2.10. The molecule has 0 fully saturated rings. The van der Waals surface area contributed by atoms with E-state index >= 15 is 0 Å². The molecule has 138 valence electrons. The number of hydrogen-bond donors (Lipinski definition) is 2. The van der Waals surface area contributed by atoms with Gasteiger partial charge in [-0.15, -0.1) is 0 Å². The number of benzene rings is 2. The van der Waals surface area contributed by atoms with Crippen LogP contribution in [-0.2, 0) is 5.75 Å². The van der Waals surface area contributed by atoms with E-state index in [9.17, 15) is 4.79 Å². The van der Waals surface area contributed by atoms with Gasteiger partial charge in [-0.3, -0.25) is 4.79 Å². The molecule has 0 aliphatic rings. The first kappa shape index (κ1) is 18.8. The standard InChI is InChI=1S/C21H21N3O2S/c1-14-10-15(13-27-21-19(22)4-3-9-23-21)12-17(11-14)24-20(25)16-5-7-18(26-2)8-6-16/h3-12H,13,22H2,1-2H3,(H,24,25).